The molecule has 0 unspecified atom stereocenters. The molecule has 1 aromatic heterocycles. The number of morpholine rings is 1. The highest BCUT2D eigenvalue weighted by Gasteiger charge is 2.17. The van der Waals surface area contributed by atoms with Crippen molar-refractivity contribution in [2.45, 2.75) is 0 Å². The topological polar surface area (TPSA) is 39.0 Å². The van der Waals surface area contributed by atoms with E-state index in [2.05, 4.69) is 27.2 Å². The number of benzene rings is 2. The normalized spacial score (nSPS) is 14.7. The van der Waals surface area contributed by atoms with Crippen LogP contribution >= 0.6 is 28.3 Å². The number of hydrogen-bond acceptors (Lipinski definition) is 5. The van der Waals surface area contributed by atoms with Gasteiger partial charge in [-0.1, -0.05) is 30.3 Å². The molecule has 7 heteroatoms. The summed E-state index contributed by atoms with van der Waals surface area (Å²) in [4.78, 5) is 5.83. The molecule has 0 spiro atoms. The molecule has 1 aliphatic heterocycles. The van der Waals surface area contributed by atoms with Crippen molar-refractivity contribution in [1.82, 2.24) is 4.68 Å². The Kier molecular flexibility index (Phi) is 6.71. The zero-order valence-corrected chi connectivity index (χ0v) is 17.6. The van der Waals surface area contributed by atoms with E-state index in [1.165, 1.54) is 0 Å². The van der Waals surface area contributed by atoms with Gasteiger partial charge < -0.3 is 14.5 Å². The van der Waals surface area contributed by atoms with Crippen molar-refractivity contribution in [2.24, 2.45) is 4.99 Å². The summed E-state index contributed by atoms with van der Waals surface area (Å²) in [7, 11) is 1.69. The van der Waals surface area contributed by atoms with Crippen molar-refractivity contribution >= 4 is 34.0 Å². The van der Waals surface area contributed by atoms with Crippen molar-refractivity contribution in [2.75, 3.05) is 38.4 Å². The standard InChI is InChI=1S/C20H21N3O2S.BrH/c1-24-18-9-5-6-16(14-18)19-15-26-20(21-17-7-3-2-4-8-17)23(19)22-10-12-25-13-11-22;/h2-9,14-15H,10-13H2,1H3;1H. The van der Waals surface area contributed by atoms with Crippen LogP contribution in [0.25, 0.3) is 11.3 Å². The van der Waals surface area contributed by atoms with Crippen LogP contribution in [0.3, 0.4) is 0 Å². The fraction of sp³-hybridized carbons (Fsp3) is 0.250. The van der Waals surface area contributed by atoms with Crippen LogP contribution in [-0.2, 0) is 4.74 Å². The van der Waals surface area contributed by atoms with Crippen LogP contribution in [0.5, 0.6) is 5.75 Å². The minimum absolute atomic E-state index is 0. The average Bonchev–Trinajstić information content (AvgIpc) is 3.13. The van der Waals surface area contributed by atoms with Gasteiger partial charge in [0, 0.05) is 10.9 Å². The van der Waals surface area contributed by atoms with Gasteiger partial charge in [-0.25, -0.2) is 9.67 Å². The van der Waals surface area contributed by atoms with Gasteiger partial charge in [-0.15, -0.1) is 28.3 Å². The number of aromatic nitrogens is 1. The summed E-state index contributed by atoms with van der Waals surface area (Å²) in [5, 5.41) is 4.46. The molecular weight excluding hydrogens is 426 g/mol. The third-order valence-electron chi connectivity index (χ3n) is 4.30. The lowest BCUT2D eigenvalue weighted by Crippen LogP contribution is -2.48. The molecule has 0 saturated carbocycles. The van der Waals surface area contributed by atoms with Crippen molar-refractivity contribution < 1.29 is 9.47 Å². The molecule has 2 heterocycles. The van der Waals surface area contributed by atoms with Crippen molar-refractivity contribution in [3.63, 3.8) is 0 Å². The fourth-order valence-corrected chi connectivity index (χ4v) is 3.92. The van der Waals surface area contributed by atoms with Crippen LogP contribution in [-0.4, -0.2) is 38.1 Å². The minimum Gasteiger partial charge on any atom is -0.497 e. The molecule has 1 fully saturated rings. The first-order valence-corrected chi connectivity index (χ1v) is 9.51. The van der Waals surface area contributed by atoms with E-state index in [0.29, 0.717) is 0 Å². The Hall–Kier alpha value is -2.09. The van der Waals surface area contributed by atoms with E-state index in [0.717, 1.165) is 53.8 Å². The summed E-state index contributed by atoms with van der Waals surface area (Å²) in [5.41, 5.74) is 3.18. The van der Waals surface area contributed by atoms with E-state index in [1.807, 2.05) is 42.5 Å². The summed E-state index contributed by atoms with van der Waals surface area (Å²) < 4.78 is 13.2. The van der Waals surface area contributed by atoms with Crippen LogP contribution in [0.4, 0.5) is 5.69 Å². The maximum absolute atomic E-state index is 5.54. The van der Waals surface area contributed by atoms with Gasteiger partial charge in [0.1, 0.15) is 5.75 Å². The van der Waals surface area contributed by atoms with Gasteiger partial charge >= 0.3 is 0 Å². The number of thiazole rings is 1. The molecule has 0 N–H and O–H groups in total. The van der Waals surface area contributed by atoms with Crippen molar-refractivity contribution in [3.8, 4) is 17.0 Å². The smallest absolute Gasteiger partial charge is 0.209 e. The molecular formula is C20H22BrN3O2S. The summed E-state index contributed by atoms with van der Waals surface area (Å²) >= 11 is 1.65. The Labute approximate surface area is 173 Å². The summed E-state index contributed by atoms with van der Waals surface area (Å²) in [6.45, 7) is 3.14. The van der Waals surface area contributed by atoms with Gasteiger partial charge in [0.05, 0.1) is 44.8 Å². The van der Waals surface area contributed by atoms with Crippen LogP contribution in [0.2, 0.25) is 0 Å². The Balaban J connectivity index is 0.00000210. The highest BCUT2D eigenvalue weighted by Crippen LogP contribution is 2.25. The Morgan fingerprint density at radius 1 is 1.04 bits per heavy atom. The first-order chi connectivity index (χ1) is 12.8. The van der Waals surface area contributed by atoms with Gasteiger partial charge in [-0.3, -0.25) is 0 Å². The number of nitrogens with zero attached hydrogens (tertiary/aromatic N) is 3. The molecule has 0 radical (unpaired) electrons. The molecule has 4 rings (SSSR count). The lowest BCUT2D eigenvalue weighted by Gasteiger charge is -2.31. The van der Waals surface area contributed by atoms with Crippen molar-refractivity contribution in [1.29, 1.82) is 0 Å². The Bertz CT molecular complexity index is 934. The number of halogens is 1. The van der Waals surface area contributed by atoms with Crippen LogP contribution in [0.1, 0.15) is 0 Å². The second-order valence-corrected chi connectivity index (χ2v) is 6.80. The number of rotatable bonds is 4. The summed E-state index contributed by atoms with van der Waals surface area (Å²) in [6.07, 6.45) is 0. The van der Waals surface area contributed by atoms with Crippen molar-refractivity contribution in [3.05, 3.63) is 64.8 Å². The van der Waals surface area contributed by atoms with E-state index >= 15 is 0 Å². The molecule has 3 aromatic rings. The summed E-state index contributed by atoms with van der Waals surface area (Å²) in [5.74, 6) is 0.851. The monoisotopic (exact) mass is 447 g/mol. The molecule has 0 atom stereocenters. The van der Waals surface area contributed by atoms with Gasteiger partial charge in [-0.2, -0.15) is 0 Å². The van der Waals surface area contributed by atoms with Gasteiger partial charge in [0.25, 0.3) is 0 Å². The average molecular weight is 448 g/mol. The lowest BCUT2D eigenvalue weighted by atomic mass is 10.1. The number of para-hydroxylation sites is 1. The third kappa shape index (κ3) is 4.43. The fourth-order valence-electron chi connectivity index (χ4n) is 3.00. The second kappa shape index (κ2) is 9.21. The zero-order chi connectivity index (χ0) is 17.8. The molecule has 142 valence electrons. The third-order valence-corrected chi connectivity index (χ3v) is 5.12. The van der Waals surface area contributed by atoms with E-state index in [-0.39, 0.29) is 17.0 Å². The van der Waals surface area contributed by atoms with Gasteiger partial charge in [0.15, 0.2) is 0 Å². The predicted molar refractivity (Wildman–Crippen MR) is 115 cm³/mol. The quantitative estimate of drug-likeness (QED) is 0.606. The van der Waals surface area contributed by atoms with Crippen LogP contribution in [0, 0.1) is 0 Å². The zero-order valence-electron chi connectivity index (χ0n) is 15.1. The molecule has 0 bridgehead atoms. The molecule has 1 aliphatic rings. The number of ether oxygens (including phenoxy) is 2. The highest BCUT2D eigenvalue weighted by molar-refractivity contribution is 8.93. The van der Waals surface area contributed by atoms with Crippen LogP contribution in [0.15, 0.2) is 65.0 Å². The molecule has 5 nitrogen and oxygen atoms in total. The van der Waals surface area contributed by atoms with E-state index in [9.17, 15) is 0 Å². The number of methoxy groups -OCH3 is 1. The largest absolute Gasteiger partial charge is 0.497 e. The first kappa shape index (κ1) is 19.7. The number of hydrogen-bond donors (Lipinski definition) is 0. The first-order valence-electron chi connectivity index (χ1n) is 8.63. The SMILES string of the molecule is Br.COc1cccc(-c2csc(=Nc3ccccc3)n2N2CCOCC2)c1. The Morgan fingerprint density at radius 3 is 2.56 bits per heavy atom. The van der Waals surface area contributed by atoms with E-state index < -0.39 is 0 Å². The molecule has 0 amide bonds. The molecule has 1 saturated heterocycles. The maximum Gasteiger partial charge on any atom is 0.209 e. The Morgan fingerprint density at radius 2 is 1.81 bits per heavy atom. The van der Waals surface area contributed by atoms with E-state index in [1.54, 1.807) is 18.4 Å². The maximum atomic E-state index is 5.54. The highest BCUT2D eigenvalue weighted by atomic mass is 79.9. The minimum atomic E-state index is 0. The summed E-state index contributed by atoms with van der Waals surface area (Å²) in [6, 6.07) is 18.2. The second-order valence-electron chi connectivity index (χ2n) is 5.96. The van der Waals surface area contributed by atoms with Gasteiger partial charge in [0.2, 0.25) is 4.80 Å². The van der Waals surface area contributed by atoms with Gasteiger partial charge in [-0.05, 0) is 24.3 Å². The molecule has 2 aromatic carbocycles. The van der Waals surface area contributed by atoms with Crippen LogP contribution < -0.4 is 14.5 Å². The van der Waals surface area contributed by atoms with E-state index in [4.69, 9.17) is 14.5 Å². The predicted octanol–water partition coefficient (Wildman–Crippen LogP) is 4.00. The molecule has 0 aliphatic carbocycles. The lowest BCUT2D eigenvalue weighted by molar-refractivity contribution is 0.111. The molecule has 27 heavy (non-hydrogen) atoms.